The normalized spacial score (nSPS) is 10.2. The van der Waals surface area contributed by atoms with Crippen LogP contribution in [-0.4, -0.2) is 28.1 Å². The third kappa shape index (κ3) is 2.41. The number of nitrogens with two attached hydrogens (primary N) is 1. The van der Waals surface area contributed by atoms with Gasteiger partial charge in [0.05, 0.1) is 19.9 Å². The maximum atomic E-state index is 11.2. The Labute approximate surface area is 98.0 Å². The van der Waals surface area contributed by atoms with E-state index in [1.807, 2.05) is 24.3 Å². The molecule has 0 spiro atoms. The molecular weight excluding hydrogens is 220 g/mol. The predicted molar refractivity (Wildman–Crippen MR) is 61.3 cm³/mol. The Hall–Kier alpha value is -2.37. The van der Waals surface area contributed by atoms with Crippen molar-refractivity contribution in [2.45, 2.75) is 6.54 Å². The number of carbonyl (C=O) groups excluding carboxylic acids is 1. The summed E-state index contributed by atoms with van der Waals surface area (Å²) in [5.41, 5.74) is 7.60. The number of methoxy groups -OCH3 is 1. The molecule has 6 heteroatoms. The maximum Gasteiger partial charge on any atom is 0.360 e. The van der Waals surface area contributed by atoms with Crippen LogP contribution in [0.3, 0.4) is 0 Å². The van der Waals surface area contributed by atoms with Crippen molar-refractivity contribution < 1.29 is 9.53 Å². The molecule has 0 radical (unpaired) electrons. The van der Waals surface area contributed by atoms with E-state index >= 15 is 0 Å². The van der Waals surface area contributed by atoms with Gasteiger partial charge in [-0.1, -0.05) is 23.4 Å². The van der Waals surface area contributed by atoms with Crippen LogP contribution in [-0.2, 0) is 11.3 Å². The quantitative estimate of drug-likeness (QED) is 0.622. The van der Waals surface area contributed by atoms with Gasteiger partial charge in [0.15, 0.2) is 5.69 Å². The molecule has 0 atom stereocenters. The van der Waals surface area contributed by atoms with Crippen molar-refractivity contribution in [1.29, 1.82) is 0 Å². The number of carbonyl (C=O) groups is 1. The molecule has 2 N–H and O–H groups in total. The number of hydrogen-bond acceptors (Lipinski definition) is 5. The van der Waals surface area contributed by atoms with E-state index in [1.54, 1.807) is 0 Å². The van der Waals surface area contributed by atoms with Crippen LogP contribution in [0.25, 0.3) is 0 Å². The summed E-state index contributed by atoms with van der Waals surface area (Å²) in [6, 6.07) is 7.46. The average molecular weight is 232 g/mol. The van der Waals surface area contributed by atoms with E-state index in [9.17, 15) is 4.79 Å². The third-order valence-electron chi connectivity index (χ3n) is 2.32. The average Bonchev–Trinajstić information content (AvgIpc) is 2.80. The molecule has 1 aromatic heterocycles. The summed E-state index contributed by atoms with van der Waals surface area (Å²) in [6.07, 6.45) is 1.53. The molecular formula is C11H12N4O2. The molecule has 2 rings (SSSR count). The molecule has 88 valence electrons. The highest BCUT2D eigenvalue weighted by Gasteiger charge is 2.10. The molecule has 0 amide bonds. The second-order valence-electron chi connectivity index (χ2n) is 3.49. The lowest BCUT2D eigenvalue weighted by Crippen LogP contribution is -2.03. The zero-order valence-corrected chi connectivity index (χ0v) is 9.33. The second kappa shape index (κ2) is 4.65. The zero-order valence-electron chi connectivity index (χ0n) is 9.33. The molecule has 1 aromatic carbocycles. The molecule has 0 aliphatic carbocycles. The summed E-state index contributed by atoms with van der Waals surface area (Å²) in [5, 5.41) is 7.54. The zero-order chi connectivity index (χ0) is 12.3. The molecule has 2 aromatic rings. The van der Waals surface area contributed by atoms with Gasteiger partial charge in [0.1, 0.15) is 0 Å². The van der Waals surface area contributed by atoms with Crippen molar-refractivity contribution in [2.24, 2.45) is 0 Å². The van der Waals surface area contributed by atoms with Crippen molar-refractivity contribution in [1.82, 2.24) is 15.0 Å². The third-order valence-corrected chi connectivity index (χ3v) is 2.32. The monoisotopic (exact) mass is 232 g/mol. The molecule has 0 saturated carbocycles. The van der Waals surface area contributed by atoms with Gasteiger partial charge in [-0.25, -0.2) is 9.48 Å². The Bertz CT molecular complexity index is 536. The highest BCUT2D eigenvalue weighted by molar-refractivity contribution is 5.86. The van der Waals surface area contributed by atoms with Crippen LogP contribution in [0.2, 0.25) is 0 Å². The van der Waals surface area contributed by atoms with E-state index in [1.165, 1.54) is 18.0 Å². The van der Waals surface area contributed by atoms with Gasteiger partial charge in [0, 0.05) is 5.69 Å². The summed E-state index contributed by atoms with van der Waals surface area (Å²) in [4.78, 5) is 11.2. The SMILES string of the molecule is COC(=O)c1cn(Cc2ccccc2N)nn1. The number of aromatic nitrogens is 3. The lowest BCUT2D eigenvalue weighted by Gasteiger charge is -2.03. The molecule has 0 bridgehead atoms. The van der Waals surface area contributed by atoms with E-state index in [4.69, 9.17) is 5.73 Å². The van der Waals surface area contributed by atoms with Gasteiger partial charge in [-0.3, -0.25) is 0 Å². The first-order chi connectivity index (χ1) is 8.20. The van der Waals surface area contributed by atoms with Crippen molar-refractivity contribution in [3.8, 4) is 0 Å². The first-order valence-electron chi connectivity index (χ1n) is 5.02. The molecule has 0 fully saturated rings. The fraction of sp³-hybridized carbons (Fsp3) is 0.182. The maximum absolute atomic E-state index is 11.2. The molecule has 1 heterocycles. The smallest absolute Gasteiger partial charge is 0.360 e. The fourth-order valence-electron chi connectivity index (χ4n) is 1.43. The lowest BCUT2D eigenvalue weighted by molar-refractivity contribution is 0.0594. The van der Waals surface area contributed by atoms with Crippen molar-refractivity contribution >= 4 is 11.7 Å². The summed E-state index contributed by atoms with van der Waals surface area (Å²) < 4.78 is 6.08. The number of benzene rings is 1. The van der Waals surface area contributed by atoms with Crippen LogP contribution in [0.1, 0.15) is 16.1 Å². The predicted octanol–water partition coefficient (Wildman–Crippen LogP) is 0.695. The summed E-state index contributed by atoms with van der Waals surface area (Å²) in [6.45, 7) is 0.469. The minimum atomic E-state index is -0.503. The van der Waals surface area contributed by atoms with Crippen LogP contribution >= 0.6 is 0 Å². The second-order valence-corrected chi connectivity index (χ2v) is 3.49. The number of nitrogens with zero attached hydrogens (tertiary/aromatic N) is 3. The number of ether oxygens (including phenoxy) is 1. The molecule has 0 aliphatic rings. The van der Waals surface area contributed by atoms with Crippen LogP contribution < -0.4 is 5.73 Å². The Morgan fingerprint density at radius 3 is 2.94 bits per heavy atom. The van der Waals surface area contributed by atoms with Crippen molar-refractivity contribution in [3.63, 3.8) is 0 Å². The number of hydrogen-bond donors (Lipinski definition) is 1. The molecule has 6 nitrogen and oxygen atoms in total. The van der Waals surface area contributed by atoms with E-state index in [-0.39, 0.29) is 5.69 Å². The van der Waals surface area contributed by atoms with Crippen molar-refractivity contribution in [3.05, 3.63) is 41.7 Å². The minimum absolute atomic E-state index is 0.182. The lowest BCUT2D eigenvalue weighted by atomic mass is 10.2. The number of anilines is 1. The van der Waals surface area contributed by atoms with Crippen LogP contribution in [0.4, 0.5) is 5.69 Å². The van der Waals surface area contributed by atoms with Crippen molar-refractivity contribution in [2.75, 3.05) is 12.8 Å². The van der Waals surface area contributed by atoms with Gasteiger partial charge in [-0.2, -0.15) is 0 Å². The summed E-state index contributed by atoms with van der Waals surface area (Å²) >= 11 is 0. The Morgan fingerprint density at radius 2 is 2.24 bits per heavy atom. The van der Waals surface area contributed by atoms with E-state index in [0.717, 1.165) is 5.56 Å². The van der Waals surface area contributed by atoms with Gasteiger partial charge in [0.25, 0.3) is 0 Å². The number of nitrogen functional groups attached to an aromatic ring is 1. The standard InChI is InChI=1S/C11H12N4O2/c1-17-11(16)10-7-15(14-13-10)6-8-4-2-3-5-9(8)12/h2-5,7H,6,12H2,1H3. The fourth-order valence-corrected chi connectivity index (χ4v) is 1.43. The first-order valence-corrected chi connectivity index (χ1v) is 5.02. The van der Waals surface area contributed by atoms with Crippen LogP contribution in [0, 0.1) is 0 Å². The molecule has 17 heavy (non-hydrogen) atoms. The van der Waals surface area contributed by atoms with E-state index < -0.39 is 5.97 Å². The molecule has 0 aliphatic heterocycles. The first kappa shape index (κ1) is 11.1. The van der Waals surface area contributed by atoms with Crippen LogP contribution in [0.5, 0.6) is 0 Å². The topological polar surface area (TPSA) is 83.0 Å². The highest BCUT2D eigenvalue weighted by atomic mass is 16.5. The molecule has 0 unspecified atom stereocenters. The number of para-hydroxylation sites is 1. The summed E-state index contributed by atoms with van der Waals surface area (Å²) in [7, 11) is 1.30. The van der Waals surface area contributed by atoms with Gasteiger partial charge in [-0.15, -0.1) is 5.10 Å². The Kier molecular flexibility index (Phi) is 3.04. The van der Waals surface area contributed by atoms with Gasteiger partial charge < -0.3 is 10.5 Å². The largest absolute Gasteiger partial charge is 0.464 e. The van der Waals surface area contributed by atoms with Crippen LogP contribution in [0.15, 0.2) is 30.5 Å². The van der Waals surface area contributed by atoms with E-state index in [0.29, 0.717) is 12.2 Å². The number of esters is 1. The Morgan fingerprint density at radius 1 is 1.47 bits per heavy atom. The van der Waals surface area contributed by atoms with E-state index in [2.05, 4.69) is 15.0 Å². The van der Waals surface area contributed by atoms with Gasteiger partial charge >= 0.3 is 5.97 Å². The minimum Gasteiger partial charge on any atom is -0.464 e. The van der Waals surface area contributed by atoms with Gasteiger partial charge in [0.2, 0.25) is 0 Å². The number of rotatable bonds is 3. The molecule has 0 saturated heterocycles. The highest BCUT2D eigenvalue weighted by Crippen LogP contribution is 2.11. The summed E-state index contributed by atoms with van der Waals surface area (Å²) in [5.74, 6) is -0.503. The Balaban J connectivity index is 2.17. The van der Waals surface area contributed by atoms with Gasteiger partial charge in [-0.05, 0) is 11.6 Å².